The molecule has 0 aromatic heterocycles. The molecule has 0 unspecified atom stereocenters. The molecule has 1 aliphatic heterocycles. The summed E-state index contributed by atoms with van der Waals surface area (Å²) in [6.45, 7) is 1.07. The maximum atomic E-state index is 4.25. The van der Waals surface area contributed by atoms with Crippen molar-refractivity contribution in [1.29, 1.82) is 0 Å². The summed E-state index contributed by atoms with van der Waals surface area (Å²) < 4.78 is 0. The first-order chi connectivity index (χ1) is 6.42. The Balaban J connectivity index is 2.27. The Kier molecular flexibility index (Phi) is 2.54. The van der Waals surface area contributed by atoms with E-state index in [1.54, 1.807) is 0 Å². The normalized spacial score (nSPS) is 19.8. The summed E-state index contributed by atoms with van der Waals surface area (Å²) in [5, 5.41) is 1.13. The highest BCUT2D eigenvalue weighted by molar-refractivity contribution is 8.14. The van der Waals surface area contributed by atoms with Gasteiger partial charge in [-0.25, -0.2) is 0 Å². The summed E-state index contributed by atoms with van der Waals surface area (Å²) in [6, 6.07) is 10.4. The molecule has 3 heteroatoms. The number of thioether (sulfide) groups is 1. The van der Waals surface area contributed by atoms with Gasteiger partial charge in [0.1, 0.15) is 0 Å². The van der Waals surface area contributed by atoms with Crippen LogP contribution in [0.15, 0.2) is 35.3 Å². The molecule has 2 rings (SSSR count). The molecule has 0 radical (unpaired) electrons. The zero-order valence-corrected chi connectivity index (χ0v) is 8.42. The third-order valence-electron chi connectivity index (χ3n) is 2.04. The van der Waals surface area contributed by atoms with Crippen molar-refractivity contribution in [1.82, 2.24) is 0 Å². The van der Waals surface area contributed by atoms with E-state index in [4.69, 9.17) is 0 Å². The lowest BCUT2D eigenvalue weighted by Gasteiger charge is -2.16. The average molecular weight is 192 g/mol. The van der Waals surface area contributed by atoms with Crippen molar-refractivity contribution >= 4 is 22.6 Å². The van der Waals surface area contributed by atoms with Crippen LogP contribution in [0.5, 0.6) is 0 Å². The van der Waals surface area contributed by atoms with E-state index in [0.29, 0.717) is 0 Å². The molecule has 0 atom stereocenters. The van der Waals surface area contributed by atoms with Crippen LogP contribution in [0.25, 0.3) is 0 Å². The van der Waals surface area contributed by atoms with Crippen molar-refractivity contribution < 1.29 is 0 Å². The minimum Gasteiger partial charge on any atom is -0.320 e. The van der Waals surface area contributed by atoms with Gasteiger partial charge >= 0.3 is 0 Å². The Hall–Kier alpha value is -0.960. The number of para-hydroxylation sites is 1. The second-order valence-corrected chi connectivity index (χ2v) is 3.90. The quantitative estimate of drug-likeness (QED) is 0.678. The van der Waals surface area contributed by atoms with Crippen molar-refractivity contribution in [2.24, 2.45) is 4.99 Å². The van der Waals surface area contributed by atoms with E-state index in [1.807, 2.05) is 24.9 Å². The van der Waals surface area contributed by atoms with Gasteiger partial charge in [-0.2, -0.15) is 0 Å². The standard InChI is InChI=1S/C10H12N2S/c1-11-10-12(7-8-13-10)9-5-3-2-4-6-9/h2-6H,7-8H2,1H3. The van der Waals surface area contributed by atoms with Gasteiger partial charge in [-0.1, -0.05) is 30.0 Å². The third kappa shape index (κ3) is 1.70. The predicted molar refractivity (Wildman–Crippen MR) is 59.6 cm³/mol. The lowest BCUT2D eigenvalue weighted by molar-refractivity contribution is 1.10. The minimum atomic E-state index is 1.07. The Morgan fingerprint density at radius 3 is 2.77 bits per heavy atom. The molecule has 2 nitrogen and oxygen atoms in total. The molecule has 13 heavy (non-hydrogen) atoms. The largest absolute Gasteiger partial charge is 0.320 e. The molecule has 1 aromatic rings. The van der Waals surface area contributed by atoms with Crippen LogP contribution in [-0.2, 0) is 0 Å². The average Bonchev–Trinajstić information content (AvgIpc) is 2.67. The van der Waals surface area contributed by atoms with E-state index in [-0.39, 0.29) is 0 Å². The predicted octanol–water partition coefficient (Wildman–Crippen LogP) is 2.23. The van der Waals surface area contributed by atoms with E-state index in [0.717, 1.165) is 17.5 Å². The highest BCUT2D eigenvalue weighted by Gasteiger charge is 2.19. The Morgan fingerprint density at radius 2 is 2.08 bits per heavy atom. The fraction of sp³-hybridized carbons (Fsp3) is 0.300. The van der Waals surface area contributed by atoms with E-state index < -0.39 is 0 Å². The summed E-state index contributed by atoms with van der Waals surface area (Å²) >= 11 is 1.82. The van der Waals surface area contributed by atoms with E-state index in [2.05, 4.69) is 34.2 Å². The molecule has 68 valence electrons. The fourth-order valence-corrected chi connectivity index (χ4v) is 2.37. The summed E-state index contributed by atoms with van der Waals surface area (Å²) in [5.41, 5.74) is 1.24. The maximum absolute atomic E-state index is 4.25. The number of nitrogens with zero attached hydrogens (tertiary/aromatic N) is 2. The molecule has 0 amide bonds. The van der Waals surface area contributed by atoms with Gasteiger partial charge in [-0.15, -0.1) is 0 Å². The van der Waals surface area contributed by atoms with Crippen LogP contribution >= 0.6 is 11.8 Å². The molecule has 0 saturated carbocycles. The zero-order valence-electron chi connectivity index (χ0n) is 7.60. The molecule has 0 aliphatic carbocycles. The lowest BCUT2D eigenvalue weighted by atomic mass is 10.3. The molecule has 1 heterocycles. The highest BCUT2D eigenvalue weighted by Crippen LogP contribution is 2.24. The van der Waals surface area contributed by atoms with Gasteiger partial charge in [0.25, 0.3) is 0 Å². The summed E-state index contributed by atoms with van der Waals surface area (Å²) in [6.07, 6.45) is 0. The van der Waals surface area contributed by atoms with Crippen LogP contribution in [0.4, 0.5) is 5.69 Å². The number of rotatable bonds is 1. The Morgan fingerprint density at radius 1 is 1.31 bits per heavy atom. The van der Waals surface area contributed by atoms with Crippen LogP contribution < -0.4 is 4.90 Å². The second-order valence-electron chi connectivity index (χ2n) is 2.84. The van der Waals surface area contributed by atoms with E-state index >= 15 is 0 Å². The molecule has 0 spiro atoms. The van der Waals surface area contributed by atoms with Crippen molar-refractivity contribution in [3.8, 4) is 0 Å². The minimum absolute atomic E-state index is 1.07. The van der Waals surface area contributed by atoms with E-state index in [9.17, 15) is 0 Å². The molecule has 0 N–H and O–H groups in total. The van der Waals surface area contributed by atoms with Gasteiger partial charge in [0.15, 0.2) is 5.17 Å². The third-order valence-corrected chi connectivity index (χ3v) is 3.08. The maximum Gasteiger partial charge on any atom is 0.163 e. The monoisotopic (exact) mass is 192 g/mol. The zero-order chi connectivity index (χ0) is 9.10. The number of anilines is 1. The first kappa shape index (κ1) is 8.63. The van der Waals surface area contributed by atoms with Gasteiger partial charge in [0.2, 0.25) is 0 Å². The topological polar surface area (TPSA) is 15.6 Å². The number of benzene rings is 1. The molecule has 1 aromatic carbocycles. The van der Waals surface area contributed by atoms with Crippen LogP contribution in [0.1, 0.15) is 0 Å². The second kappa shape index (κ2) is 3.83. The van der Waals surface area contributed by atoms with E-state index in [1.165, 1.54) is 5.69 Å². The molecular weight excluding hydrogens is 180 g/mol. The smallest absolute Gasteiger partial charge is 0.163 e. The fourth-order valence-electron chi connectivity index (χ4n) is 1.43. The lowest BCUT2D eigenvalue weighted by Crippen LogP contribution is -2.23. The first-order valence-corrected chi connectivity index (χ1v) is 5.32. The number of hydrogen-bond donors (Lipinski definition) is 0. The Bertz CT molecular complexity index is 308. The number of amidine groups is 1. The Labute approximate surface area is 82.7 Å². The molecule has 1 saturated heterocycles. The van der Waals surface area contributed by atoms with Crippen molar-refractivity contribution in [3.05, 3.63) is 30.3 Å². The number of hydrogen-bond acceptors (Lipinski definition) is 2. The van der Waals surface area contributed by atoms with Gasteiger partial charge in [-0.3, -0.25) is 4.99 Å². The summed E-state index contributed by atoms with van der Waals surface area (Å²) in [5.74, 6) is 1.14. The first-order valence-electron chi connectivity index (χ1n) is 4.34. The van der Waals surface area contributed by atoms with Gasteiger partial charge in [0.05, 0.1) is 0 Å². The van der Waals surface area contributed by atoms with Crippen molar-refractivity contribution in [2.75, 3.05) is 24.2 Å². The molecule has 0 bridgehead atoms. The van der Waals surface area contributed by atoms with Gasteiger partial charge in [0, 0.05) is 25.0 Å². The van der Waals surface area contributed by atoms with Crippen molar-refractivity contribution in [3.63, 3.8) is 0 Å². The van der Waals surface area contributed by atoms with Crippen molar-refractivity contribution in [2.45, 2.75) is 0 Å². The molecular formula is C10H12N2S. The number of aliphatic imine (C=N–C) groups is 1. The van der Waals surface area contributed by atoms with Crippen LogP contribution in [-0.4, -0.2) is 24.5 Å². The van der Waals surface area contributed by atoms with Crippen LogP contribution in [0, 0.1) is 0 Å². The van der Waals surface area contributed by atoms with Gasteiger partial charge in [-0.05, 0) is 12.1 Å². The summed E-state index contributed by atoms with van der Waals surface area (Å²) in [7, 11) is 1.85. The van der Waals surface area contributed by atoms with Gasteiger partial charge < -0.3 is 4.90 Å². The summed E-state index contributed by atoms with van der Waals surface area (Å²) in [4.78, 5) is 6.51. The molecule has 1 aliphatic rings. The van der Waals surface area contributed by atoms with Crippen LogP contribution in [0.3, 0.4) is 0 Å². The highest BCUT2D eigenvalue weighted by atomic mass is 32.2. The van der Waals surface area contributed by atoms with Crippen LogP contribution in [0.2, 0.25) is 0 Å². The SMILES string of the molecule is CN=C1SCCN1c1ccccc1. The molecule has 1 fully saturated rings.